The summed E-state index contributed by atoms with van der Waals surface area (Å²) in [5.74, 6) is 1.43. The fraction of sp³-hybridized carbons (Fsp3) is 0.543. The molecular weight excluding hydrogens is 624 g/mol. The van der Waals surface area contributed by atoms with Crippen molar-refractivity contribution in [3.8, 4) is 28.8 Å². The smallest absolute Gasteiger partial charge is 0.256 e. The first-order chi connectivity index (χ1) is 23.8. The molecule has 6 rings (SSSR count). The van der Waals surface area contributed by atoms with Crippen LogP contribution in [0.5, 0.6) is 11.6 Å². The highest BCUT2D eigenvalue weighted by atomic mass is 16.5. The highest BCUT2D eigenvalue weighted by Crippen LogP contribution is 2.35. The van der Waals surface area contributed by atoms with E-state index in [1.165, 1.54) is 6.33 Å². The lowest BCUT2D eigenvalue weighted by Gasteiger charge is -2.38. The van der Waals surface area contributed by atoms with Gasteiger partial charge in [0.25, 0.3) is 5.88 Å². The molecule has 2 fully saturated rings. The maximum Gasteiger partial charge on any atom is 0.256 e. The molecule has 1 saturated heterocycles. The van der Waals surface area contributed by atoms with E-state index < -0.39 is 0 Å². The molecule has 1 atom stereocenters. The summed E-state index contributed by atoms with van der Waals surface area (Å²) in [5, 5.41) is 22.1. The van der Waals surface area contributed by atoms with Crippen molar-refractivity contribution in [1.82, 2.24) is 39.4 Å². The zero-order valence-electron chi connectivity index (χ0n) is 28.8. The minimum atomic E-state index is -0.307. The molecule has 0 unspecified atom stereocenters. The molecule has 260 valence electrons. The van der Waals surface area contributed by atoms with Crippen LogP contribution in [0.4, 0.5) is 11.6 Å². The Morgan fingerprint density at radius 1 is 1.08 bits per heavy atom. The van der Waals surface area contributed by atoms with Crippen molar-refractivity contribution in [3.63, 3.8) is 0 Å². The molecule has 14 heteroatoms. The van der Waals surface area contributed by atoms with Crippen LogP contribution < -0.4 is 14.8 Å². The lowest BCUT2D eigenvalue weighted by molar-refractivity contribution is 0.00409. The number of hydrogen-bond acceptors (Lipinski definition) is 12. The third-order valence-electron chi connectivity index (χ3n) is 9.37. The van der Waals surface area contributed by atoms with Gasteiger partial charge in [0.05, 0.1) is 49.8 Å². The van der Waals surface area contributed by atoms with E-state index in [4.69, 9.17) is 24.0 Å². The van der Waals surface area contributed by atoms with E-state index in [1.54, 1.807) is 36.6 Å². The topological polar surface area (TPSA) is 150 Å². The van der Waals surface area contributed by atoms with Gasteiger partial charge in [0.2, 0.25) is 5.95 Å². The predicted molar refractivity (Wildman–Crippen MR) is 183 cm³/mol. The molecule has 0 amide bonds. The van der Waals surface area contributed by atoms with Crippen molar-refractivity contribution in [2.45, 2.75) is 83.2 Å². The summed E-state index contributed by atoms with van der Waals surface area (Å²) < 4.78 is 27.2. The largest absolute Gasteiger partial charge is 0.487 e. The SMILES string of the molecule is COC(C)(C)CCOc1nn([C@H]2CC[C@H](N3CCOCC3)CC2)cc1Nc1ncc(-c2ccc(C#N)c(O[C@@H](C)Cn3cncn3)c2)cn1. The fourth-order valence-corrected chi connectivity index (χ4v) is 6.28. The molecule has 4 heterocycles. The zero-order valence-corrected chi connectivity index (χ0v) is 28.8. The first-order valence-corrected chi connectivity index (χ1v) is 17.0. The molecule has 1 aliphatic heterocycles. The number of rotatable bonds is 14. The number of nitriles is 1. The third kappa shape index (κ3) is 8.91. The Morgan fingerprint density at radius 2 is 1.84 bits per heavy atom. The van der Waals surface area contributed by atoms with Crippen LogP contribution in [0.2, 0.25) is 0 Å². The lowest BCUT2D eigenvalue weighted by Crippen LogP contribution is -2.45. The van der Waals surface area contributed by atoms with E-state index >= 15 is 0 Å². The molecule has 2 aliphatic rings. The minimum absolute atomic E-state index is 0.232. The van der Waals surface area contributed by atoms with Gasteiger partial charge in [0.1, 0.15) is 36.3 Å². The molecule has 0 radical (unpaired) electrons. The number of nitrogens with one attached hydrogen (secondary N) is 1. The van der Waals surface area contributed by atoms with Crippen LogP contribution in [0, 0.1) is 11.3 Å². The first kappa shape index (κ1) is 34.3. The highest BCUT2D eigenvalue weighted by molar-refractivity contribution is 5.67. The Balaban J connectivity index is 1.15. The number of ether oxygens (including phenoxy) is 4. The van der Waals surface area contributed by atoms with E-state index in [1.807, 2.05) is 43.8 Å². The fourth-order valence-electron chi connectivity index (χ4n) is 6.28. The summed E-state index contributed by atoms with van der Waals surface area (Å²) in [7, 11) is 1.71. The number of benzene rings is 1. The Hall–Kier alpha value is -4.58. The predicted octanol–water partition coefficient (Wildman–Crippen LogP) is 5.02. The molecule has 1 aromatic carbocycles. The number of nitrogens with zero attached hydrogens (tertiary/aromatic N) is 9. The van der Waals surface area contributed by atoms with Crippen molar-refractivity contribution in [3.05, 3.63) is 55.0 Å². The summed E-state index contributed by atoms with van der Waals surface area (Å²) in [6, 6.07) is 8.56. The van der Waals surface area contributed by atoms with Crippen molar-refractivity contribution < 1.29 is 18.9 Å². The summed E-state index contributed by atoms with van der Waals surface area (Å²) >= 11 is 0. The van der Waals surface area contributed by atoms with Gasteiger partial charge in [-0.3, -0.25) is 9.58 Å². The average molecular weight is 671 g/mol. The van der Waals surface area contributed by atoms with E-state index in [9.17, 15) is 5.26 Å². The van der Waals surface area contributed by atoms with Crippen molar-refractivity contribution in [2.75, 3.05) is 45.3 Å². The van der Waals surface area contributed by atoms with Crippen molar-refractivity contribution in [1.29, 1.82) is 5.26 Å². The van der Waals surface area contributed by atoms with Crippen molar-refractivity contribution in [2.24, 2.45) is 0 Å². The molecule has 1 aliphatic carbocycles. The van der Waals surface area contributed by atoms with Gasteiger partial charge in [-0.1, -0.05) is 6.07 Å². The van der Waals surface area contributed by atoms with Gasteiger partial charge in [0, 0.05) is 50.6 Å². The van der Waals surface area contributed by atoms with Crippen LogP contribution in [0.3, 0.4) is 0 Å². The number of morpholine rings is 1. The van der Waals surface area contributed by atoms with E-state index in [-0.39, 0.29) is 11.7 Å². The molecule has 0 bridgehead atoms. The molecular formula is C35H46N10O4. The number of anilines is 2. The van der Waals surface area contributed by atoms with Gasteiger partial charge in [-0.15, -0.1) is 5.10 Å². The molecule has 0 spiro atoms. The molecule has 1 saturated carbocycles. The monoisotopic (exact) mass is 670 g/mol. The van der Waals surface area contributed by atoms with Crippen molar-refractivity contribution >= 4 is 11.6 Å². The van der Waals surface area contributed by atoms with Crippen LogP contribution in [0.1, 0.15) is 64.5 Å². The second kappa shape index (κ2) is 15.8. The Morgan fingerprint density at radius 3 is 2.53 bits per heavy atom. The van der Waals surface area contributed by atoms with E-state index in [0.29, 0.717) is 60.5 Å². The maximum atomic E-state index is 9.69. The van der Waals surface area contributed by atoms with Crippen LogP contribution >= 0.6 is 0 Å². The Bertz CT molecular complexity index is 1670. The lowest BCUT2D eigenvalue weighted by atomic mass is 9.90. The van der Waals surface area contributed by atoms with Gasteiger partial charge >= 0.3 is 0 Å². The summed E-state index contributed by atoms with van der Waals surface area (Å²) in [5.41, 5.74) is 2.47. The maximum absolute atomic E-state index is 9.69. The van der Waals surface area contributed by atoms with Gasteiger partial charge in [-0.25, -0.2) is 19.6 Å². The number of methoxy groups -OCH3 is 1. The van der Waals surface area contributed by atoms with Gasteiger partial charge in [-0.2, -0.15) is 10.4 Å². The first-order valence-electron chi connectivity index (χ1n) is 17.0. The molecule has 49 heavy (non-hydrogen) atoms. The Labute approximate surface area is 287 Å². The summed E-state index contributed by atoms with van der Waals surface area (Å²) in [6.07, 6.45) is 13.5. The van der Waals surface area contributed by atoms with Crippen LogP contribution in [-0.4, -0.2) is 97.2 Å². The number of aromatic nitrogens is 7. The highest BCUT2D eigenvalue weighted by Gasteiger charge is 2.29. The van der Waals surface area contributed by atoms with Crippen LogP contribution in [-0.2, 0) is 16.0 Å². The quantitative estimate of drug-likeness (QED) is 0.192. The summed E-state index contributed by atoms with van der Waals surface area (Å²) in [4.78, 5) is 15.8. The molecule has 3 aromatic heterocycles. The van der Waals surface area contributed by atoms with Crippen LogP contribution in [0.25, 0.3) is 11.1 Å². The minimum Gasteiger partial charge on any atom is -0.487 e. The van der Waals surface area contributed by atoms with Gasteiger partial charge < -0.3 is 24.3 Å². The van der Waals surface area contributed by atoms with E-state index in [2.05, 4.69) is 36.3 Å². The normalized spacial score (nSPS) is 19.2. The van der Waals surface area contributed by atoms with Gasteiger partial charge in [-0.05, 0) is 64.2 Å². The van der Waals surface area contributed by atoms with Crippen LogP contribution in [0.15, 0.2) is 49.4 Å². The average Bonchev–Trinajstić information content (AvgIpc) is 3.79. The standard InChI is InChI=1S/C35H46N10O4/c1-25(21-44-24-37-23-40-44)49-32-17-26(5-6-27(32)18-36)28-19-38-34(39-20-28)41-31-22-45(42-33(31)48-14-11-35(2,3)46-4)30-9-7-29(8-10-30)43-12-15-47-16-13-43/h5-6,17,19-20,22-25,29-30H,7-16,21H2,1-4H3,(H,38,39,41)/t25-,29-,30-/m0/s1. The second-order valence-corrected chi connectivity index (χ2v) is 13.3. The van der Waals surface area contributed by atoms with E-state index in [0.717, 1.165) is 63.1 Å². The molecule has 1 N–H and O–H groups in total. The second-order valence-electron chi connectivity index (χ2n) is 13.3. The number of hydrogen-bond donors (Lipinski definition) is 1. The third-order valence-corrected chi connectivity index (χ3v) is 9.37. The van der Waals surface area contributed by atoms with Gasteiger partial charge in [0.15, 0.2) is 0 Å². The zero-order chi connectivity index (χ0) is 34.2. The summed E-state index contributed by atoms with van der Waals surface area (Å²) in [6.45, 7) is 10.6. The molecule has 4 aromatic rings. The Kier molecular flexibility index (Phi) is 11.0. The molecule has 14 nitrogen and oxygen atoms in total.